The smallest absolute Gasteiger partial charge is 0.402 e. The first kappa shape index (κ1) is 19.3. The monoisotopic (exact) mass is 393 g/mol. The fourth-order valence-electron chi connectivity index (χ4n) is 6.20. The summed E-state index contributed by atoms with van der Waals surface area (Å²) >= 11 is 0. The third-order valence-corrected chi connectivity index (χ3v) is 8.06. The van der Waals surface area contributed by atoms with Crippen molar-refractivity contribution in [2.24, 2.45) is 17.3 Å². The van der Waals surface area contributed by atoms with Crippen molar-refractivity contribution >= 4 is 7.12 Å². The predicted molar refractivity (Wildman–Crippen MR) is 114 cm³/mol. The van der Waals surface area contributed by atoms with E-state index in [4.69, 9.17) is 9.31 Å². The predicted octanol–water partition coefficient (Wildman–Crippen LogP) is 4.94. The zero-order chi connectivity index (χ0) is 20.4. The highest BCUT2D eigenvalue weighted by Crippen LogP contribution is 2.70. The van der Waals surface area contributed by atoms with Crippen LogP contribution in [0.5, 0.6) is 0 Å². The summed E-state index contributed by atoms with van der Waals surface area (Å²) in [6.45, 7) is 11.5. The van der Waals surface area contributed by atoms with Gasteiger partial charge in [0, 0.05) is 5.56 Å². The fraction of sp³-hybridized carbons (Fsp3) is 0.652. The van der Waals surface area contributed by atoms with E-state index in [-0.39, 0.29) is 29.7 Å². The molecule has 4 fully saturated rings. The molecule has 4 atom stereocenters. The molecule has 6 heteroatoms. The van der Waals surface area contributed by atoms with Gasteiger partial charge in [-0.05, 0) is 49.9 Å². The molecule has 0 N–H and O–H groups in total. The molecular formula is C23H32BN3O2. The summed E-state index contributed by atoms with van der Waals surface area (Å²) in [5.74, 6) is 1.27. The van der Waals surface area contributed by atoms with Crippen LogP contribution in [0, 0.1) is 17.3 Å². The maximum atomic E-state index is 6.86. The first-order valence-electron chi connectivity index (χ1n) is 11.1. The SMILES string of the molecule is CC(C)C[C@@H](B1OC2(C)CCC3CC2(O1)C3(C)C)n1cc(-c2ccccc2)nn1. The highest BCUT2D eigenvalue weighted by molar-refractivity contribution is 6.46. The van der Waals surface area contributed by atoms with Gasteiger partial charge in [-0.1, -0.05) is 63.2 Å². The van der Waals surface area contributed by atoms with Crippen LogP contribution in [0.1, 0.15) is 66.2 Å². The van der Waals surface area contributed by atoms with Gasteiger partial charge in [-0.15, -0.1) is 5.10 Å². The summed E-state index contributed by atoms with van der Waals surface area (Å²) < 4.78 is 15.6. The third-order valence-electron chi connectivity index (χ3n) is 8.06. The molecule has 2 aromatic rings. The molecule has 1 saturated heterocycles. The van der Waals surface area contributed by atoms with E-state index in [1.807, 2.05) is 29.1 Å². The van der Waals surface area contributed by atoms with E-state index in [0.29, 0.717) is 5.92 Å². The molecule has 2 bridgehead atoms. The van der Waals surface area contributed by atoms with Gasteiger partial charge in [0.05, 0.1) is 23.3 Å². The molecule has 5 nitrogen and oxygen atoms in total. The quantitative estimate of drug-likeness (QED) is 0.675. The van der Waals surface area contributed by atoms with E-state index in [0.717, 1.165) is 36.4 Å². The molecule has 6 rings (SSSR count). The van der Waals surface area contributed by atoms with Crippen LogP contribution in [0.3, 0.4) is 0 Å². The minimum Gasteiger partial charge on any atom is -0.402 e. The molecule has 1 aromatic heterocycles. The number of fused-ring (bicyclic) bond motifs is 1. The summed E-state index contributed by atoms with van der Waals surface area (Å²) in [5, 5.41) is 8.96. The molecule has 1 aromatic carbocycles. The Balaban J connectivity index is 1.47. The van der Waals surface area contributed by atoms with E-state index in [2.05, 4.69) is 57.1 Å². The molecule has 154 valence electrons. The third kappa shape index (κ3) is 2.68. The molecule has 4 aliphatic rings. The van der Waals surface area contributed by atoms with Crippen LogP contribution >= 0.6 is 0 Å². The Morgan fingerprint density at radius 1 is 1.17 bits per heavy atom. The van der Waals surface area contributed by atoms with Crippen LogP contribution < -0.4 is 0 Å². The minimum absolute atomic E-state index is 0.0200. The lowest BCUT2D eigenvalue weighted by Gasteiger charge is -2.69. The number of nitrogens with zero attached hydrogens (tertiary/aromatic N) is 3. The van der Waals surface area contributed by atoms with E-state index in [9.17, 15) is 0 Å². The second-order valence-corrected chi connectivity index (χ2v) is 10.5. The molecule has 0 amide bonds. The zero-order valence-corrected chi connectivity index (χ0v) is 18.3. The lowest BCUT2D eigenvalue weighted by Crippen LogP contribution is -2.73. The molecular weight excluding hydrogens is 361 g/mol. The topological polar surface area (TPSA) is 49.2 Å². The van der Waals surface area contributed by atoms with Crippen molar-refractivity contribution in [1.29, 1.82) is 0 Å². The van der Waals surface area contributed by atoms with Crippen LogP contribution in [0.4, 0.5) is 0 Å². The number of aromatic nitrogens is 3. The summed E-state index contributed by atoms with van der Waals surface area (Å²) in [4.78, 5) is 0. The molecule has 29 heavy (non-hydrogen) atoms. The highest BCUT2D eigenvalue weighted by Gasteiger charge is 2.76. The van der Waals surface area contributed by atoms with Gasteiger partial charge < -0.3 is 9.31 Å². The Kier molecular flexibility index (Phi) is 4.28. The first-order valence-corrected chi connectivity index (χ1v) is 11.1. The molecule has 0 radical (unpaired) electrons. The minimum atomic E-state index is -0.286. The Hall–Kier alpha value is -1.66. The summed E-state index contributed by atoms with van der Waals surface area (Å²) in [7, 11) is -0.286. The molecule has 3 unspecified atom stereocenters. The summed E-state index contributed by atoms with van der Waals surface area (Å²) in [5.41, 5.74) is 1.75. The second kappa shape index (κ2) is 6.42. The van der Waals surface area contributed by atoms with Gasteiger partial charge in [0.2, 0.25) is 0 Å². The van der Waals surface area contributed by atoms with Crippen molar-refractivity contribution in [3.63, 3.8) is 0 Å². The van der Waals surface area contributed by atoms with Crippen LogP contribution in [0.2, 0.25) is 0 Å². The van der Waals surface area contributed by atoms with Gasteiger partial charge in [-0.25, -0.2) is 0 Å². The number of benzene rings is 1. The van der Waals surface area contributed by atoms with Crippen molar-refractivity contribution in [3.05, 3.63) is 36.5 Å². The Labute approximate surface area is 174 Å². The summed E-state index contributed by atoms with van der Waals surface area (Å²) in [6.07, 6.45) is 6.42. The first-order chi connectivity index (χ1) is 13.8. The van der Waals surface area contributed by atoms with Gasteiger partial charge in [-0.2, -0.15) is 0 Å². The van der Waals surface area contributed by atoms with Crippen molar-refractivity contribution in [3.8, 4) is 11.3 Å². The van der Waals surface area contributed by atoms with Gasteiger partial charge in [0.15, 0.2) is 0 Å². The molecule has 1 spiro atoms. The number of hydrogen-bond donors (Lipinski definition) is 0. The van der Waals surface area contributed by atoms with Gasteiger partial charge in [0.1, 0.15) is 5.69 Å². The van der Waals surface area contributed by atoms with Crippen molar-refractivity contribution in [2.45, 2.75) is 77.4 Å². The lowest BCUT2D eigenvalue weighted by molar-refractivity contribution is -0.257. The largest absolute Gasteiger partial charge is 0.484 e. The Bertz CT molecular complexity index is 899. The van der Waals surface area contributed by atoms with Crippen LogP contribution in [-0.2, 0) is 9.31 Å². The van der Waals surface area contributed by atoms with Crippen molar-refractivity contribution in [1.82, 2.24) is 15.0 Å². The zero-order valence-electron chi connectivity index (χ0n) is 18.3. The number of rotatable bonds is 5. The maximum Gasteiger partial charge on any atom is 0.484 e. The number of hydrogen-bond acceptors (Lipinski definition) is 4. The lowest BCUT2D eigenvalue weighted by atomic mass is 9.41. The molecule has 1 aliphatic heterocycles. The Morgan fingerprint density at radius 3 is 2.59 bits per heavy atom. The van der Waals surface area contributed by atoms with Crippen LogP contribution in [-0.4, -0.2) is 33.3 Å². The van der Waals surface area contributed by atoms with E-state index in [1.54, 1.807) is 0 Å². The van der Waals surface area contributed by atoms with Crippen molar-refractivity contribution in [2.75, 3.05) is 0 Å². The standard InChI is InChI=1S/C23H32BN3O2/c1-16(2)13-20(27-15-19(25-26-27)17-9-7-6-8-10-17)24-28-22(5)12-11-18-14-23(22,29-24)21(18,3)4/h6-10,15-16,18,20H,11-14H2,1-5H3/t18?,20-,22?,23?/m0/s1. The Morgan fingerprint density at radius 2 is 1.93 bits per heavy atom. The average Bonchev–Trinajstić information content (AvgIpc) is 3.30. The van der Waals surface area contributed by atoms with Crippen LogP contribution in [0.25, 0.3) is 11.3 Å². The van der Waals surface area contributed by atoms with E-state index < -0.39 is 0 Å². The molecule has 2 heterocycles. The van der Waals surface area contributed by atoms with Crippen molar-refractivity contribution < 1.29 is 9.31 Å². The van der Waals surface area contributed by atoms with Gasteiger partial charge >= 0.3 is 7.12 Å². The second-order valence-electron chi connectivity index (χ2n) is 10.5. The van der Waals surface area contributed by atoms with E-state index in [1.165, 1.54) is 6.42 Å². The molecule has 3 saturated carbocycles. The molecule has 3 aliphatic carbocycles. The van der Waals surface area contributed by atoms with Crippen LogP contribution in [0.15, 0.2) is 36.5 Å². The normalized spacial score (nSPS) is 33.4. The van der Waals surface area contributed by atoms with Gasteiger partial charge in [-0.3, -0.25) is 4.68 Å². The highest BCUT2D eigenvalue weighted by atomic mass is 16.7. The fourth-order valence-corrected chi connectivity index (χ4v) is 6.20. The average molecular weight is 393 g/mol. The maximum absolute atomic E-state index is 6.86. The summed E-state index contributed by atoms with van der Waals surface area (Å²) in [6, 6.07) is 10.2. The van der Waals surface area contributed by atoms with E-state index >= 15 is 0 Å². The van der Waals surface area contributed by atoms with Gasteiger partial charge in [0.25, 0.3) is 0 Å².